The highest BCUT2D eigenvalue weighted by molar-refractivity contribution is 14.1. The summed E-state index contributed by atoms with van der Waals surface area (Å²) >= 11 is 2.19. The van der Waals surface area contributed by atoms with Crippen molar-refractivity contribution in [1.82, 2.24) is 5.43 Å². The number of hydrogen-bond acceptors (Lipinski definition) is 6. The lowest BCUT2D eigenvalue weighted by molar-refractivity contribution is 0.0929. The summed E-state index contributed by atoms with van der Waals surface area (Å²) in [6, 6.07) is 10.8. The third kappa shape index (κ3) is 5.24. The van der Waals surface area contributed by atoms with E-state index in [1.54, 1.807) is 24.4 Å². The Bertz CT molecular complexity index is 1060. The van der Waals surface area contributed by atoms with E-state index in [-0.39, 0.29) is 5.76 Å². The van der Waals surface area contributed by atoms with Gasteiger partial charge in [-0.3, -0.25) is 4.79 Å². The molecule has 7 nitrogen and oxygen atoms in total. The normalized spacial score (nSPS) is 11.1. The molecule has 0 saturated carbocycles. The minimum atomic E-state index is -0.439. The van der Waals surface area contributed by atoms with Gasteiger partial charge in [-0.25, -0.2) is 5.43 Å². The molecule has 0 radical (unpaired) electrons. The summed E-state index contributed by atoms with van der Waals surface area (Å²) in [7, 11) is 0. The lowest BCUT2D eigenvalue weighted by atomic mass is 10.2. The maximum Gasteiger partial charge on any atom is 0.307 e. The molecule has 0 fully saturated rings. The number of carbonyl (C=O) groups excluding carboxylic acids is 1. The van der Waals surface area contributed by atoms with E-state index in [1.165, 1.54) is 0 Å². The molecule has 1 aromatic heterocycles. The van der Waals surface area contributed by atoms with Crippen molar-refractivity contribution >= 4 is 45.7 Å². The van der Waals surface area contributed by atoms with Crippen LogP contribution in [0.4, 0.5) is 0 Å². The van der Waals surface area contributed by atoms with Gasteiger partial charge in [0.15, 0.2) is 17.3 Å². The molecule has 0 bridgehead atoms. The SMILES string of the molecule is CCOc1ccc2oc(C(=O)N/N=C/c3cc(I)c(OCC)c(OCC)c3)cc2c1. The molecule has 0 aliphatic heterocycles. The Morgan fingerprint density at radius 1 is 1.07 bits per heavy atom. The second-order valence-corrected chi connectivity index (χ2v) is 7.30. The van der Waals surface area contributed by atoms with Crippen LogP contribution in [0.1, 0.15) is 36.9 Å². The molecule has 0 saturated heterocycles. The smallest absolute Gasteiger partial charge is 0.307 e. The second-order valence-electron chi connectivity index (χ2n) is 6.14. The van der Waals surface area contributed by atoms with E-state index in [1.807, 2.05) is 39.0 Å². The van der Waals surface area contributed by atoms with Crippen molar-refractivity contribution in [2.24, 2.45) is 5.10 Å². The monoisotopic (exact) mass is 522 g/mol. The van der Waals surface area contributed by atoms with Crippen molar-refractivity contribution in [2.45, 2.75) is 20.8 Å². The fourth-order valence-corrected chi connectivity index (χ4v) is 3.60. The molecule has 0 unspecified atom stereocenters. The highest BCUT2D eigenvalue weighted by Crippen LogP contribution is 2.33. The van der Waals surface area contributed by atoms with E-state index in [2.05, 4.69) is 33.1 Å². The number of hydrogen-bond donors (Lipinski definition) is 1. The van der Waals surface area contributed by atoms with Gasteiger partial charge >= 0.3 is 5.91 Å². The van der Waals surface area contributed by atoms with Gasteiger partial charge in [0, 0.05) is 5.39 Å². The number of hydrazone groups is 1. The van der Waals surface area contributed by atoms with Crippen LogP contribution in [0.3, 0.4) is 0 Å². The van der Waals surface area contributed by atoms with Gasteiger partial charge in [0.1, 0.15) is 11.3 Å². The van der Waals surface area contributed by atoms with E-state index < -0.39 is 5.91 Å². The van der Waals surface area contributed by atoms with Gasteiger partial charge < -0.3 is 18.6 Å². The van der Waals surface area contributed by atoms with E-state index in [0.29, 0.717) is 36.9 Å². The zero-order valence-electron chi connectivity index (χ0n) is 17.0. The minimum absolute atomic E-state index is 0.173. The van der Waals surface area contributed by atoms with E-state index >= 15 is 0 Å². The molecule has 1 heterocycles. The molecular weight excluding hydrogens is 499 g/mol. The highest BCUT2D eigenvalue weighted by Gasteiger charge is 2.13. The predicted molar refractivity (Wildman–Crippen MR) is 124 cm³/mol. The van der Waals surface area contributed by atoms with Crippen LogP contribution in [0.2, 0.25) is 0 Å². The van der Waals surface area contributed by atoms with Crippen molar-refractivity contribution in [2.75, 3.05) is 19.8 Å². The number of nitrogens with zero attached hydrogens (tertiary/aromatic N) is 1. The summed E-state index contributed by atoms with van der Waals surface area (Å²) in [5.41, 5.74) is 3.87. The van der Waals surface area contributed by atoms with Crippen LogP contribution in [-0.2, 0) is 0 Å². The molecular formula is C22H23IN2O5. The number of furan rings is 1. The van der Waals surface area contributed by atoms with Crippen molar-refractivity contribution in [1.29, 1.82) is 0 Å². The Morgan fingerprint density at radius 2 is 1.83 bits per heavy atom. The zero-order chi connectivity index (χ0) is 21.5. The molecule has 158 valence electrons. The first-order chi connectivity index (χ1) is 14.5. The van der Waals surface area contributed by atoms with Crippen LogP contribution in [-0.4, -0.2) is 31.9 Å². The Labute approximate surface area is 188 Å². The lowest BCUT2D eigenvalue weighted by Gasteiger charge is -2.13. The number of amides is 1. The summed E-state index contributed by atoms with van der Waals surface area (Å²) in [6.07, 6.45) is 1.55. The van der Waals surface area contributed by atoms with Crippen molar-refractivity contribution in [3.63, 3.8) is 0 Å². The van der Waals surface area contributed by atoms with Gasteiger partial charge in [-0.2, -0.15) is 5.10 Å². The standard InChI is InChI=1S/C22H23IN2O5/c1-4-27-16-7-8-18-15(11-16)12-20(30-18)22(26)25-24-13-14-9-17(23)21(29-6-3)19(10-14)28-5-2/h7-13H,4-6H2,1-3H3,(H,25,26)/b24-13+. The summed E-state index contributed by atoms with van der Waals surface area (Å²) < 4.78 is 23.3. The van der Waals surface area contributed by atoms with Crippen LogP contribution in [0.15, 0.2) is 45.9 Å². The predicted octanol–water partition coefficient (Wildman–Crippen LogP) is 5.00. The molecule has 3 rings (SSSR count). The number of carbonyl (C=O) groups is 1. The van der Waals surface area contributed by atoms with E-state index in [4.69, 9.17) is 18.6 Å². The van der Waals surface area contributed by atoms with Crippen molar-refractivity contribution in [3.05, 3.63) is 51.3 Å². The average molecular weight is 522 g/mol. The molecule has 2 aromatic carbocycles. The zero-order valence-corrected chi connectivity index (χ0v) is 19.2. The first-order valence-corrected chi connectivity index (χ1v) is 10.7. The second kappa shape index (κ2) is 10.3. The van der Waals surface area contributed by atoms with Gasteiger partial charge in [-0.15, -0.1) is 0 Å². The maximum atomic E-state index is 12.4. The Morgan fingerprint density at radius 3 is 2.57 bits per heavy atom. The molecule has 0 atom stereocenters. The van der Waals surface area contributed by atoms with Crippen LogP contribution in [0.5, 0.6) is 17.2 Å². The number of fused-ring (bicyclic) bond motifs is 1. The van der Waals surface area contributed by atoms with Crippen LogP contribution in [0, 0.1) is 3.57 Å². The van der Waals surface area contributed by atoms with Crippen molar-refractivity contribution in [3.8, 4) is 17.2 Å². The third-order valence-corrected chi connectivity index (χ3v) is 4.82. The Balaban J connectivity index is 1.73. The van der Waals surface area contributed by atoms with Gasteiger partial charge in [0.2, 0.25) is 0 Å². The Kier molecular flexibility index (Phi) is 7.56. The fourth-order valence-electron chi connectivity index (χ4n) is 2.82. The lowest BCUT2D eigenvalue weighted by Crippen LogP contribution is -2.16. The minimum Gasteiger partial charge on any atom is -0.494 e. The molecule has 1 N–H and O–H groups in total. The molecule has 0 spiro atoms. The maximum absolute atomic E-state index is 12.4. The Hall–Kier alpha value is -2.75. The number of benzene rings is 2. The molecule has 3 aromatic rings. The van der Waals surface area contributed by atoms with Gasteiger partial charge in [-0.1, -0.05) is 0 Å². The largest absolute Gasteiger partial charge is 0.494 e. The molecule has 1 amide bonds. The van der Waals surface area contributed by atoms with Gasteiger partial charge in [0.25, 0.3) is 0 Å². The van der Waals surface area contributed by atoms with E-state index in [0.717, 1.165) is 20.3 Å². The highest BCUT2D eigenvalue weighted by atomic mass is 127. The van der Waals surface area contributed by atoms with Crippen LogP contribution < -0.4 is 19.6 Å². The van der Waals surface area contributed by atoms with Gasteiger partial charge in [-0.05, 0) is 85.3 Å². The molecule has 0 aliphatic carbocycles. The quantitative estimate of drug-likeness (QED) is 0.243. The van der Waals surface area contributed by atoms with Crippen molar-refractivity contribution < 1.29 is 23.4 Å². The summed E-state index contributed by atoms with van der Waals surface area (Å²) in [6.45, 7) is 7.38. The molecule has 30 heavy (non-hydrogen) atoms. The molecule has 8 heteroatoms. The third-order valence-electron chi connectivity index (χ3n) is 4.02. The summed E-state index contributed by atoms with van der Waals surface area (Å²) in [5.74, 6) is 1.81. The van der Waals surface area contributed by atoms with Crippen LogP contribution >= 0.6 is 22.6 Å². The number of ether oxygens (including phenoxy) is 3. The first-order valence-electron chi connectivity index (χ1n) is 9.64. The average Bonchev–Trinajstić information content (AvgIpc) is 3.14. The van der Waals surface area contributed by atoms with Gasteiger partial charge in [0.05, 0.1) is 29.6 Å². The number of nitrogens with one attached hydrogen (secondary N) is 1. The number of rotatable bonds is 9. The first kappa shape index (κ1) is 21.9. The van der Waals surface area contributed by atoms with E-state index in [9.17, 15) is 4.79 Å². The molecule has 0 aliphatic rings. The topological polar surface area (TPSA) is 82.3 Å². The summed E-state index contributed by atoms with van der Waals surface area (Å²) in [5, 5.41) is 4.83. The number of halogens is 1. The fraction of sp³-hybridized carbons (Fsp3) is 0.273. The van der Waals surface area contributed by atoms with Crippen LogP contribution in [0.25, 0.3) is 11.0 Å². The summed E-state index contributed by atoms with van der Waals surface area (Å²) in [4.78, 5) is 12.4.